The van der Waals surface area contributed by atoms with Gasteiger partial charge >= 0.3 is 5.69 Å². The second-order valence-electron chi connectivity index (χ2n) is 5.03. The molecule has 1 aliphatic rings. The van der Waals surface area contributed by atoms with E-state index in [-0.39, 0.29) is 29.3 Å². The molecule has 1 aliphatic carbocycles. The summed E-state index contributed by atoms with van der Waals surface area (Å²) < 4.78 is 0. The number of hydrogen-bond acceptors (Lipinski definition) is 7. The van der Waals surface area contributed by atoms with E-state index in [2.05, 4.69) is 20.6 Å². The van der Waals surface area contributed by atoms with Crippen LogP contribution in [0.1, 0.15) is 26.2 Å². The highest BCUT2D eigenvalue weighted by atomic mass is 16.6. The molecule has 2 rings (SSSR count). The Morgan fingerprint density at radius 1 is 1.40 bits per heavy atom. The lowest BCUT2D eigenvalue weighted by Gasteiger charge is -2.15. The first-order valence-corrected chi connectivity index (χ1v) is 6.70. The van der Waals surface area contributed by atoms with Crippen LogP contribution in [0.5, 0.6) is 0 Å². The van der Waals surface area contributed by atoms with Gasteiger partial charge in [0.1, 0.15) is 6.33 Å². The number of nitrogens with one attached hydrogen (secondary N) is 2. The number of anilines is 2. The van der Waals surface area contributed by atoms with Crippen LogP contribution in [-0.2, 0) is 0 Å². The number of aliphatic hydroxyl groups excluding tert-OH is 1. The van der Waals surface area contributed by atoms with Gasteiger partial charge in [0, 0.05) is 19.7 Å². The zero-order valence-corrected chi connectivity index (χ0v) is 11.4. The monoisotopic (exact) mass is 281 g/mol. The van der Waals surface area contributed by atoms with Crippen molar-refractivity contribution in [3.05, 3.63) is 16.4 Å². The molecule has 1 aromatic heterocycles. The van der Waals surface area contributed by atoms with Crippen molar-refractivity contribution < 1.29 is 10.0 Å². The number of nitro groups is 1. The van der Waals surface area contributed by atoms with Crippen LogP contribution >= 0.6 is 0 Å². The summed E-state index contributed by atoms with van der Waals surface area (Å²) in [6.07, 6.45) is 4.07. The van der Waals surface area contributed by atoms with Crippen LogP contribution in [-0.4, -0.2) is 39.7 Å². The van der Waals surface area contributed by atoms with E-state index in [0.29, 0.717) is 19.5 Å². The molecular formula is C12H19N5O3. The van der Waals surface area contributed by atoms with E-state index in [4.69, 9.17) is 5.11 Å². The molecule has 20 heavy (non-hydrogen) atoms. The topological polar surface area (TPSA) is 113 Å². The average molecular weight is 281 g/mol. The Kier molecular flexibility index (Phi) is 4.33. The van der Waals surface area contributed by atoms with Gasteiger partial charge in [0.05, 0.1) is 4.92 Å². The minimum Gasteiger partial charge on any atom is -0.396 e. The Hall–Kier alpha value is -1.96. The summed E-state index contributed by atoms with van der Waals surface area (Å²) in [6, 6.07) is 0. The summed E-state index contributed by atoms with van der Waals surface area (Å²) in [5, 5.41) is 26.1. The van der Waals surface area contributed by atoms with Crippen LogP contribution in [0.4, 0.5) is 17.3 Å². The summed E-state index contributed by atoms with van der Waals surface area (Å²) in [5.41, 5.74) is -0.0690. The average Bonchev–Trinajstić information content (AvgIpc) is 3.17. The highest BCUT2D eigenvalue weighted by Crippen LogP contribution is 2.48. The van der Waals surface area contributed by atoms with Gasteiger partial charge in [0.25, 0.3) is 0 Å². The lowest BCUT2D eigenvalue weighted by atomic mass is 10.0. The number of hydrogen-bond donors (Lipinski definition) is 3. The third-order valence-electron chi connectivity index (χ3n) is 3.58. The maximum absolute atomic E-state index is 11.2. The molecular weight excluding hydrogens is 262 g/mol. The van der Waals surface area contributed by atoms with Gasteiger partial charge < -0.3 is 15.7 Å². The zero-order chi connectivity index (χ0) is 14.6. The quantitative estimate of drug-likeness (QED) is 0.487. The smallest absolute Gasteiger partial charge is 0.353 e. The van der Waals surface area contributed by atoms with Gasteiger partial charge in [-0.15, -0.1) is 0 Å². The molecule has 1 aromatic rings. The maximum Gasteiger partial charge on any atom is 0.353 e. The van der Waals surface area contributed by atoms with Gasteiger partial charge in [0.2, 0.25) is 11.6 Å². The van der Waals surface area contributed by atoms with E-state index in [1.165, 1.54) is 6.33 Å². The van der Waals surface area contributed by atoms with Crippen LogP contribution in [0.25, 0.3) is 0 Å². The molecule has 0 amide bonds. The van der Waals surface area contributed by atoms with E-state index < -0.39 is 4.92 Å². The fourth-order valence-corrected chi connectivity index (χ4v) is 2.18. The number of aliphatic hydroxyl groups is 1. The molecule has 1 fully saturated rings. The molecule has 0 atom stereocenters. The van der Waals surface area contributed by atoms with Gasteiger partial charge in [-0.2, -0.15) is 0 Å². The van der Waals surface area contributed by atoms with E-state index in [0.717, 1.165) is 12.8 Å². The summed E-state index contributed by atoms with van der Waals surface area (Å²) in [4.78, 5) is 18.6. The van der Waals surface area contributed by atoms with Gasteiger partial charge in [-0.3, -0.25) is 10.1 Å². The van der Waals surface area contributed by atoms with Crippen LogP contribution in [0.15, 0.2) is 6.33 Å². The molecule has 110 valence electrons. The van der Waals surface area contributed by atoms with Crippen LogP contribution < -0.4 is 10.6 Å². The highest BCUT2D eigenvalue weighted by Gasteiger charge is 2.42. The fourth-order valence-electron chi connectivity index (χ4n) is 2.18. The summed E-state index contributed by atoms with van der Waals surface area (Å²) in [7, 11) is 0. The lowest BCUT2D eigenvalue weighted by Crippen LogP contribution is -2.18. The molecule has 8 heteroatoms. The van der Waals surface area contributed by atoms with Gasteiger partial charge in [0.15, 0.2) is 0 Å². The van der Waals surface area contributed by atoms with E-state index >= 15 is 0 Å². The first kappa shape index (κ1) is 14.4. The van der Waals surface area contributed by atoms with E-state index in [1.54, 1.807) is 0 Å². The van der Waals surface area contributed by atoms with Crippen molar-refractivity contribution in [3.63, 3.8) is 0 Å². The molecule has 0 radical (unpaired) electrons. The molecule has 0 spiro atoms. The second kappa shape index (κ2) is 6.00. The normalized spacial score (nSPS) is 15.7. The van der Waals surface area contributed by atoms with Crippen molar-refractivity contribution in [3.8, 4) is 0 Å². The molecule has 0 bridgehead atoms. The Balaban J connectivity index is 2.14. The van der Waals surface area contributed by atoms with Crippen molar-refractivity contribution in [2.24, 2.45) is 5.41 Å². The van der Waals surface area contributed by atoms with Crippen molar-refractivity contribution in [2.75, 3.05) is 30.3 Å². The van der Waals surface area contributed by atoms with Crippen LogP contribution in [0.3, 0.4) is 0 Å². The third-order valence-corrected chi connectivity index (χ3v) is 3.58. The minimum absolute atomic E-state index is 0.0614. The minimum atomic E-state index is -0.480. The number of aromatic nitrogens is 2. The maximum atomic E-state index is 11.2. The van der Waals surface area contributed by atoms with E-state index in [1.807, 2.05) is 6.92 Å². The van der Waals surface area contributed by atoms with Gasteiger partial charge in [-0.1, -0.05) is 0 Å². The molecule has 0 aliphatic heterocycles. The predicted octanol–water partition coefficient (Wildman–Crippen LogP) is 1.39. The molecule has 0 unspecified atom stereocenters. The summed E-state index contributed by atoms with van der Waals surface area (Å²) in [5.74, 6) is 0.451. The third kappa shape index (κ3) is 3.13. The lowest BCUT2D eigenvalue weighted by molar-refractivity contribution is -0.383. The zero-order valence-electron chi connectivity index (χ0n) is 11.4. The Morgan fingerprint density at radius 3 is 2.55 bits per heavy atom. The van der Waals surface area contributed by atoms with Crippen LogP contribution in [0.2, 0.25) is 0 Å². The standard InChI is InChI=1S/C12H19N5O3/c1-2-13-10-9(17(19)20)11(16-8-15-10)14-7-12(3-4-12)5-6-18/h8,18H,2-7H2,1H3,(H2,13,14,15,16). The number of nitrogens with zero attached hydrogens (tertiary/aromatic N) is 3. The Labute approximate surface area is 116 Å². The SMILES string of the molecule is CCNc1ncnc(NCC2(CCO)CC2)c1[N+](=O)[O-]. The summed E-state index contributed by atoms with van der Waals surface area (Å²) in [6.45, 7) is 3.11. The Bertz CT molecular complexity index is 490. The molecule has 3 N–H and O–H groups in total. The molecule has 0 aromatic carbocycles. The van der Waals surface area contributed by atoms with Gasteiger partial charge in [-0.05, 0) is 31.6 Å². The van der Waals surface area contributed by atoms with Crippen molar-refractivity contribution in [2.45, 2.75) is 26.2 Å². The molecule has 0 saturated heterocycles. The fraction of sp³-hybridized carbons (Fsp3) is 0.667. The first-order chi connectivity index (χ1) is 9.62. The summed E-state index contributed by atoms with van der Waals surface area (Å²) >= 11 is 0. The van der Waals surface area contributed by atoms with Gasteiger partial charge in [-0.25, -0.2) is 9.97 Å². The Morgan fingerprint density at radius 2 is 2.05 bits per heavy atom. The first-order valence-electron chi connectivity index (χ1n) is 6.70. The largest absolute Gasteiger partial charge is 0.396 e. The highest BCUT2D eigenvalue weighted by molar-refractivity contribution is 5.69. The molecule has 1 saturated carbocycles. The predicted molar refractivity (Wildman–Crippen MR) is 74.7 cm³/mol. The van der Waals surface area contributed by atoms with Crippen LogP contribution in [0, 0.1) is 15.5 Å². The van der Waals surface area contributed by atoms with Crippen molar-refractivity contribution in [1.82, 2.24) is 9.97 Å². The van der Waals surface area contributed by atoms with Crippen molar-refractivity contribution in [1.29, 1.82) is 0 Å². The van der Waals surface area contributed by atoms with E-state index in [9.17, 15) is 10.1 Å². The molecule has 8 nitrogen and oxygen atoms in total. The number of rotatable bonds is 8. The van der Waals surface area contributed by atoms with Crippen molar-refractivity contribution >= 4 is 17.3 Å². The second-order valence-corrected chi connectivity index (χ2v) is 5.03. The molecule has 1 heterocycles.